The van der Waals surface area contributed by atoms with Gasteiger partial charge in [0.25, 0.3) is 0 Å². The number of unbranched alkanes of at least 4 members (excludes halogenated alkanes) is 4. The standard InChI is InChI=1S/2C19H34N2O6.Ca/c2*1-2-3-4-5-8-17(23)20-11-14-21(15-16-22,12-6-9-18(24)25)13-7-10-19(26)27;/h2*2,22H,1,3-16H2,(H2-,20,23,24,25,26,27);/q;;+2. The van der Waals surface area contributed by atoms with Gasteiger partial charge in [-0.25, -0.2) is 0 Å². The van der Waals surface area contributed by atoms with Gasteiger partial charge in [-0.05, 0) is 51.4 Å². The number of carboxylic acids is 4. The fourth-order valence-corrected chi connectivity index (χ4v) is 6.21. The molecule has 312 valence electrons. The van der Waals surface area contributed by atoms with E-state index in [-0.39, 0.29) is 88.4 Å². The van der Waals surface area contributed by atoms with Crippen LogP contribution in [0.2, 0.25) is 0 Å². The number of nitrogens with zero attached hydrogens (tertiary/aromatic N) is 2. The molecule has 0 radical (unpaired) electrons. The second-order valence-electron chi connectivity index (χ2n) is 13.6. The van der Waals surface area contributed by atoms with Crippen molar-refractivity contribution in [2.75, 3.05) is 78.7 Å². The molecule has 2 atom stereocenters. The summed E-state index contributed by atoms with van der Waals surface area (Å²) in [5, 5.41) is 63.7. The molecule has 0 aliphatic carbocycles. The molecule has 0 saturated carbocycles. The summed E-state index contributed by atoms with van der Waals surface area (Å²) in [4.78, 5) is 66.8. The number of aliphatic hydroxyl groups excluding tert-OH is 2. The molecule has 55 heavy (non-hydrogen) atoms. The molecule has 0 heterocycles. The first-order chi connectivity index (χ1) is 25.7. The van der Waals surface area contributed by atoms with Crippen LogP contribution in [0.4, 0.5) is 0 Å². The SMILES string of the molecule is C=CCCCCC(=O)NCC[N+](CCO)(CCCC(=O)[O-])CCCC(=O)O.C=CCCCCC(=O)NCC[N+](CCO)(CCCC(=O)[O-])CCCC(=O)O.[Ca+2]. The molecule has 17 heteroatoms. The number of aliphatic hydroxyl groups is 2. The van der Waals surface area contributed by atoms with E-state index in [1.54, 1.807) is 0 Å². The van der Waals surface area contributed by atoms with Crippen molar-refractivity contribution in [1.29, 1.82) is 0 Å². The Hall–Kier alpha value is -2.60. The number of rotatable bonds is 36. The second kappa shape index (κ2) is 37.0. The molecule has 2 amide bonds. The molecule has 0 aromatic carbocycles. The van der Waals surface area contributed by atoms with Crippen LogP contribution in [0.3, 0.4) is 0 Å². The number of hydrogen-bond donors (Lipinski definition) is 6. The van der Waals surface area contributed by atoms with Crippen LogP contribution in [-0.2, 0) is 28.8 Å². The van der Waals surface area contributed by atoms with Crippen LogP contribution in [0.15, 0.2) is 25.3 Å². The van der Waals surface area contributed by atoms with Gasteiger partial charge in [-0.15, -0.1) is 13.2 Å². The number of carboxylic acid groups (broad SMARTS) is 4. The van der Waals surface area contributed by atoms with E-state index in [0.717, 1.165) is 38.5 Å². The number of amides is 2. The van der Waals surface area contributed by atoms with Crippen molar-refractivity contribution in [3.63, 3.8) is 0 Å². The minimum absolute atomic E-state index is 0. The monoisotopic (exact) mass is 812 g/mol. The minimum atomic E-state index is -1.13. The molecule has 0 aliphatic heterocycles. The molecular formula is C38H68CaN4O12+2. The third-order valence-electron chi connectivity index (χ3n) is 9.16. The van der Waals surface area contributed by atoms with Crippen LogP contribution in [0, 0.1) is 0 Å². The van der Waals surface area contributed by atoms with Crippen molar-refractivity contribution in [2.45, 2.75) is 103 Å². The molecular weight excluding hydrogens is 745 g/mol. The van der Waals surface area contributed by atoms with Gasteiger partial charge < -0.3 is 59.8 Å². The average Bonchev–Trinajstić information content (AvgIpc) is 3.08. The van der Waals surface area contributed by atoms with E-state index in [1.807, 2.05) is 12.2 Å². The van der Waals surface area contributed by atoms with E-state index in [2.05, 4.69) is 23.8 Å². The van der Waals surface area contributed by atoms with Crippen molar-refractivity contribution in [3.05, 3.63) is 25.3 Å². The van der Waals surface area contributed by atoms with Crippen molar-refractivity contribution in [2.24, 2.45) is 0 Å². The summed E-state index contributed by atoms with van der Waals surface area (Å²) in [6.07, 6.45) is 11.2. The molecule has 0 aliphatic rings. The first kappa shape index (κ1) is 56.7. The van der Waals surface area contributed by atoms with Gasteiger partial charge in [0.1, 0.15) is 13.1 Å². The summed E-state index contributed by atoms with van der Waals surface area (Å²) in [7, 11) is 0. The summed E-state index contributed by atoms with van der Waals surface area (Å²) in [5.41, 5.74) is 0. The molecule has 0 fully saturated rings. The fourth-order valence-electron chi connectivity index (χ4n) is 6.21. The maximum absolute atomic E-state index is 11.9. The molecule has 0 rings (SSSR count). The van der Waals surface area contributed by atoms with Crippen LogP contribution < -0.4 is 20.8 Å². The molecule has 0 spiro atoms. The van der Waals surface area contributed by atoms with Crippen molar-refractivity contribution < 1.29 is 68.4 Å². The second-order valence-corrected chi connectivity index (χ2v) is 13.6. The third-order valence-corrected chi connectivity index (χ3v) is 9.16. The number of allylic oxidation sites excluding steroid dienone is 2. The Balaban J connectivity index is -0.000000966. The Labute approximate surface area is 357 Å². The molecule has 16 nitrogen and oxygen atoms in total. The summed E-state index contributed by atoms with van der Waals surface area (Å²) < 4.78 is 0.765. The van der Waals surface area contributed by atoms with E-state index < -0.39 is 23.9 Å². The zero-order valence-electron chi connectivity index (χ0n) is 33.0. The first-order valence-electron chi connectivity index (χ1n) is 19.2. The number of carbonyl (C=O) groups excluding carboxylic acids is 4. The van der Waals surface area contributed by atoms with Crippen LogP contribution in [0.5, 0.6) is 0 Å². The number of carbonyl (C=O) groups is 6. The van der Waals surface area contributed by atoms with Gasteiger partial charge in [0, 0.05) is 50.5 Å². The number of quaternary nitrogens is 2. The molecule has 0 aromatic heterocycles. The van der Waals surface area contributed by atoms with Gasteiger partial charge in [-0.2, -0.15) is 0 Å². The first-order valence-corrected chi connectivity index (χ1v) is 19.2. The minimum Gasteiger partial charge on any atom is -0.550 e. The summed E-state index contributed by atoms with van der Waals surface area (Å²) in [5.74, 6) is -4.12. The summed E-state index contributed by atoms with van der Waals surface area (Å²) in [6.45, 7) is 11.7. The van der Waals surface area contributed by atoms with Gasteiger partial charge >= 0.3 is 49.7 Å². The summed E-state index contributed by atoms with van der Waals surface area (Å²) in [6, 6.07) is 0. The van der Waals surface area contributed by atoms with Gasteiger partial charge in [0.05, 0.1) is 78.4 Å². The van der Waals surface area contributed by atoms with Crippen LogP contribution >= 0.6 is 0 Å². The Bertz CT molecular complexity index is 985. The molecule has 6 N–H and O–H groups in total. The van der Waals surface area contributed by atoms with E-state index >= 15 is 0 Å². The maximum atomic E-state index is 11.9. The normalized spacial score (nSPS) is 12.7. The summed E-state index contributed by atoms with van der Waals surface area (Å²) >= 11 is 0. The Morgan fingerprint density at radius 1 is 0.491 bits per heavy atom. The topological polar surface area (TPSA) is 254 Å². The van der Waals surface area contributed by atoms with Crippen molar-refractivity contribution >= 4 is 73.4 Å². The van der Waals surface area contributed by atoms with E-state index in [1.165, 1.54) is 0 Å². The zero-order valence-corrected chi connectivity index (χ0v) is 35.2. The molecule has 0 saturated heterocycles. The molecule has 0 bridgehead atoms. The van der Waals surface area contributed by atoms with E-state index in [4.69, 9.17) is 10.2 Å². The van der Waals surface area contributed by atoms with E-state index in [0.29, 0.717) is 113 Å². The Morgan fingerprint density at radius 2 is 0.818 bits per heavy atom. The fraction of sp³-hybridized carbons (Fsp3) is 0.737. The predicted octanol–water partition coefficient (Wildman–Crippen LogP) is -0.275. The van der Waals surface area contributed by atoms with Gasteiger partial charge in [-0.3, -0.25) is 19.2 Å². The quantitative estimate of drug-likeness (QED) is 0.0207. The zero-order chi connectivity index (χ0) is 41.1. The maximum Gasteiger partial charge on any atom is 2.00 e. The Morgan fingerprint density at radius 3 is 1.09 bits per heavy atom. The number of aliphatic carboxylic acids is 4. The van der Waals surface area contributed by atoms with Crippen LogP contribution in [0.25, 0.3) is 0 Å². The van der Waals surface area contributed by atoms with Crippen molar-refractivity contribution in [1.82, 2.24) is 10.6 Å². The largest absolute Gasteiger partial charge is 2.00 e. The third kappa shape index (κ3) is 35.6. The Kier molecular flexibility index (Phi) is 38.2. The predicted molar refractivity (Wildman–Crippen MR) is 205 cm³/mol. The van der Waals surface area contributed by atoms with Gasteiger partial charge in [0.2, 0.25) is 11.8 Å². The van der Waals surface area contributed by atoms with Crippen LogP contribution in [-0.4, -0.2) is 181 Å². The van der Waals surface area contributed by atoms with Gasteiger partial charge in [-0.1, -0.05) is 12.2 Å². The van der Waals surface area contributed by atoms with Crippen LogP contribution in [0.1, 0.15) is 103 Å². The van der Waals surface area contributed by atoms with Gasteiger partial charge in [0.15, 0.2) is 0 Å². The van der Waals surface area contributed by atoms with E-state index in [9.17, 15) is 49.2 Å². The average molecular weight is 813 g/mol. The number of hydrogen-bond acceptors (Lipinski definition) is 10. The van der Waals surface area contributed by atoms with Crippen molar-refractivity contribution in [3.8, 4) is 0 Å². The smallest absolute Gasteiger partial charge is 0.550 e. The molecule has 0 aromatic rings. The molecule has 2 unspecified atom stereocenters. The number of nitrogens with one attached hydrogen (secondary N) is 2.